The van der Waals surface area contributed by atoms with Gasteiger partial charge in [0.2, 0.25) is 0 Å². The van der Waals surface area contributed by atoms with Crippen LogP contribution in [0.3, 0.4) is 0 Å². The number of aliphatic carboxylic acids is 1. The summed E-state index contributed by atoms with van der Waals surface area (Å²) >= 11 is 0. The van der Waals surface area contributed by atoms with E-state index in [9.17, 15) is 9.90 Å². The first-order chi connectivity index (χ1) is 22.2. The van der Waals surface area contributed by atoms with Crippen LogP contribution in [-0.2, 0) is 31.4 Å². The molecular formula is C38H46N6O2. The van der Waals surface area contributed by atoms with Crippen LogP contribution in [0.25, 0.3) is 11.0 Å². The van der Waals surface area contributed by atoms with Gasteiger partial charge in [0, 0.05) is 31.9 Å². The van der Waals surface area contributed by atoms with Crippen molar-refractivity contribution in [1.29, 1.82) is 0 Å². The van der Waals surface area contributed by atoms with Crippen molar-refractivity contribution >= 4 is 17.0 Å². The van der Waals surface area contributed by atoms with E-state index < -0.39 is 17.3 Å². The minimum absolute atomic E-state index is 0.384. The third kappa shape index (κ3) is 6.23. The second-order valence-corrected chi connectivity index (χ2v) is 13.5. The molecule has 0 radical (unpaired) electrons. The SMILES string of the molecule is CCC1CCN(Cc2nccn2Cc2cc([C@H](c3ccc4c(nnn4C)c3C)C(C)(Cc3ccccc3)C(=O)O)ccc2C)CC1. The molecule has 1 unspecified atom stereocenters. The van der Waals surface area contributed by atoms with Gasteiger partial charge in [0.1, 0.15) is 11.3 Å². The second kappa shape index (κ2) is 13.2. The van der Waals surface area contributed by atoms with E-state index >= 15 is 0 Å². The third-order valence-corrected chi connectivity index (χ3v) is 10.4. The molecule has 3 aromatic carbocycles. The normalized spacial score (nSPS) is 16.5. The van der Waals surface area contributed by atoms with Crippen molar-refractivity contribution in [1.82, 2.24) is 29.4 Å². The second-order valence-electron chi connectivity index (χ2n) is 13.5. The molecule has 0 spiro atoms. The molecule has 1 fully saturated rings. The van der Waals surface area contributed by atoms with Crippen LogP contribution in [0.15, 0.2) is 73.1 Å². The van der Waals surface area contributed by atoms with Gasteiger partial charge in [-0.2, -0.15) is 0 Å². The van der Waals surface area contributed by atoms with Gasteiger partial charge in [-0.25, -0.2) is 9.67 Å². The van der Waals surface area contributed by atoms with Crippen LogP contribution in [0, 0.1) is 25.2 Å². The molecule has 5 aromatic rings. The Labute approximate surface area is 272 Å². The molecule has 0 amide bonds. The molecule has 0 aliphatic carbocycles. The van der Waals surface area contributed by atoms with Crippen molar-refractivity contribution in [2.24, 2.45) is 18.4 Å². The first-order valence-corrected chi connectivity index (χ1v) is 16.6. The number of carbonyl (C=O) groups is 1. The van der Waals surface area contributed by atoms with Crippen molar-refractivity contribution in [2.75, 3.05) is 13.1 Å². The van der Waals surface area contributed by atoms with Crippen LogP contribution in [-0.4, -0.2) is 53.6 Å². The van der Waals surface area contributed by atoms with Gasteiger partial charge in [-0.05, 0) is 98.5 Å². The van der Waals surface area contributed by atoms with Gasteiger partial charge in [-0.3, -0.25) is 9.69 Å². The van der Waals surface area contributed by atoms with Gasteiger partial charge < -0.3 is 9.67 Å². The molecule has 1 aliphatic rings. The van der Waals surface area contributed by atoms with Gasteiger partial charge in [0.25, 0.3) is 0 Å². The zero-order chi connectivity index (χ0) is 32.4. The Morgan fingerprint density at radius 2 is 1.80 bits per heavy atom. The summed E-state index contributed by atoms with van der Waals surface area (Å²) in [6, 6.07) is 20.5. The van der Waals surface area contributed by atoms with Gasteiger partial charge in [-0.1, -0.05) is 73.2 Å². The number of carboxylic acids is 1. The topological polar surface area (TPSA) is 89.1 Å². The molecular weight excluding hydrogens is 572 g/mol. The largest absolute Gasteiger partial charge is 0.481 e. The lowest BCUT2D eigenvalue weighted by Crippen LogP contribution is -2.38. The standard InChI is InChI=1S/C38H46N6O2/c1-6-28-16-19-43(20-17-28)25-34-39-18-21-44(34)24-31-22-30(13-12-26(31)2)35(32-14-15-33-36(27(32)3)40-41-42(33)5)38(4,37(45)46)23-29-10-8-7-9-11-29/h7-15,18,21-22,28,35H,6,16-17,19-20,23-25H2,1-5H3,(H,45,46)/t35-,38?/m1/s1. The monoisotopic (exact) mass is 618 g/mol. The van der Waals surface area contributed by atoms with Crippen molar-refractivity contribution in [2.45, 2.75) is 72.4 Å². The number of carboxylic acid groups (broad SMARTS) is 1. The Kier molecular flexibility index (Phi) is 9.09. The lowest BCUT2D eigenvalue weighted by Gasteiger charge is -2.36. The molecule has 0 bridgehead atoms. The lowest BCUT2D eigenvalue weighted by atomic mass is 9.66. The fourth-order valence-corrected chi connectivity index (χ4v) is 7.39. The Bertz CT molecular complexity index is 1820. The number of hydrogen-bond donors (Lipinski definition) is 1. The summed E-state index contributed by atoms with van der Waals surface area (Å²) in [7, 11) is 1.88. The first kappa shape index (κ1) is 31.7. The van der Waals surface area contributed by atoms with E-state index in [1.165, 1.54) is 24.8 Å². The molecule has 1 aliphatic heterocycles. The molecule has 2 aromatic heterocycles. The van der Waals surface area contributed by atoms with Crippen LogP contribution in [0.4, 0.5) is 0 Å². The average molecular weight is 619 g/mol. The van der Waals surface area contributed by atoms with E-state index in [1.807, 2.05) is 63.5 Å². The van der Waals surface area contributed by atoms with E-state index in [0.717, 1.165) is 70.2 Å². The minimum Gasteiger partial charge on any atom is -0.481 e. The smallest absolute Gasteiger partial charge is 0.310 e. The number of hydrogen-bond acceptors (Lipinski definition) is 5. The van der Waals surface area contributed by atoms with Crippen LogP contribution in [0.1, 0.15) is 78.2 Å². The highest BCUT2D eigenvalue weighted by atomic mass is 16.4. The maximum absolute atomic E-state index is 13.4. The summed E-state index contributed by atoms with van der Waals surface area (Å²) in [5.41, 5.74) is 6.82. The zero-order valence-corrected chi connectivity index (χ0v) is 27.8. The predicted molar refractivity (Wildman–Crippen MR) is 182 cm³/mol. The molecule has 46 heavy (non-hydrogen) atoms. The molecule has 8 heteroatoms. The van der Waals surface area contributed by atoms with Gasteiger partial charge >= 0.3 is 5.97 Å². The summed E-state index contributed by atoms with van der Waals surface area (Å²) in [5.74, 6) is 0.648. The van der Waals surface area contributed by atoms with Crippen molar-refractivity contribution in [3.05, 3.63) is 112 Å². The number of piperidine rings is 1. The van der Waals surface area contributed by atoms with Crippen LogP contribution in [0.5, 0.6) is 0 Å². The maximum Gasteiger partial charge on any atom is 0.310 e. The maximum atomic E-state index is 13.4. The number of aryl methyl sites for hydroxylation is 3. The molecule has 1 saturated heterocycles. The van der Waals surface area contributed by atoms with E-state index in [0.29, 0.717) is 13.0 Å². The van der Waals surface area contributed by atoms with Crippen molar-refractivity contribution < 1.29 is 9.90 Å². The first-order valence-electron chi connectivity index (χ1n) is 16.6. The number of fused-ring (bicyclic) bond motifs is 1. The van der Waals surface area contributed by atoms with Crippen molar-refractivity contribution in [3.63, 3.8) is 0 Å². The summed E-state index contributed by atoms with van der Waals surface area (Å²) in [6.45, 7) is 12.1. The van der Waals surface area contributed by atoms with Crippen LogP contribution >= 0.6 is 0 Å². The quantitative estimate of drug-likeness (QED) is 0.173. The lowest BCUT2D eigenvalue weighted by molar-refractivity contribution is -0.148. The number of nitrogens with zero attached hydrogens (tertiary/aromatic N) is 6. The third-order valence-electron chi connectivity index (χ3n) is 10.4. The summed E-state index contributed by atoms with van der Waals surface area (Å²) in [5, 5.41) is 19.7. The molecule has 6 rings (SSSR count). The van der Waals surface area contributed by atoms with Crippen LogP contribution in [0.2, 0.25) is 0 Å². The molecule has 2 atom stereocenters. The van der Waals surface area contributed by atoms with Gasteiger partial charge in [0.15, 0.2) is 0 Å². The summed E-state index contributed by atoms with van der Waals surface area (Å²) in [6.07, 6.45) is 8.13. The Morgan fingerprint density at radius 1 is 1.04 bits per heavy atom. The average Bonchev–Trinajstić information content (AvgIpc) is 3.66. The minimum atomic E-state index is -1.14. The predicted octanol–water partition coefficient (Wildman–Crippen LogP) is 6.92. The fourth-order valence-electron chi connectivity index (χ4n) is 7.39. The molecule has 1 N–H and O–H groups in total. The molecule has 8 nitrogen and oxygen atoms in total. The van der Waals surface area contributed by atoms with E-state index in [1.54, 1.807) is 4.68 Å². The summed E-state index contributed by atoms with van der Waals surface area (Å²) in [4.78, 5) is 20.7. The molecule has 3 heterocycles. The highest BCUT2D eigenvalue weighted by Gasteiger charge is 2.44. The molecule has 0 saturated carbocycles. The Morgan fingerprint density at radius 3 is 2.52 bits per heavy atom. The van der Waals surface area contributed by atoms with Gasteiger partial charge in [-0.15, -0.1) is 5.10 Å². The van der Waals surface area contributed by atoms with E-state index in [-0.39, 0.29) is 0 Å². The van der Waals surface area contributed by atoms with E-state index in [4.69, 9.17) is 4.98 Å². The number of benzene rings is 3. The number of likely N-dealkylation sites (tertiary alicyclic amines) is 1. The fraction of sp³-hybridized carbons (Fsp3) is 0.421. The zero-order valence-electron chi connectivity index (χ0n) is 27.8. The highest BCUT2D eigenvalue weighted by molar-refractivity contribution is 5.82. The highest BCUT2D eigenvalue weighted by Crippen LogP contribution is 2.46. The molecule has 240 valence electrons. The Balaban J connectivity index is 1.40. The number of rotatable bonds is 11. The van der Waals surface area contributed by atoms with Crippen LogP contribution < -0.4 is 0 Å². The Hall–Kier alpha value is -4.30. The number of aromatic nitrogens is 5. The van der Waals surface area contributed by atoms with E-state index in [2.05, 4.69) is 64.1 Å². The van der Waals surface area contributed by atoms with Gasteiger partial charge in [0.05, 0.1) is 17.5 Å². The number of imidazole rings is 1. The van der Waals surface area contributed by atoms with Crippen molar-refractivity contribution in [3.8, 4) is 0 Å². The summed E-state index contributed by atoms with van der Waals surface area (Å²) < 4.78 is 4.02.